The first-order chi connectivity index (χ1) is 15.6. The molecule has 0 saturated carbocycles. The highest BCUT2D eigenvalue weighted by atomic mass is 16.5. The summed E-state index contributed by atoms with van der Waals surface area (Å²) < 4.78 is 13.5. The molecule has 1 aromatic carbocycles. The summed E-state index contributed by atoms with van der Waals surface area (Å²) in [7, 11) is 1.59. The fourth-order valence-corrected chi connectivity index (χ4v) is 3.59. The lowest BCUT2D eigenvalue weighted by Gasteiger charge is -2.12. The third-order valence-electron chi connectivity index (χ3n) is 5.13. The number of carbonyl (C=O) groups is 1. The molecule has 0 atom stereocenters. The van der Waals surface area contributed by atoms with Crippen LogP contribution in [0.4, 0.5) is 0 Å². The summed E-state index contributed by atoms with van der Waals surface area (Å²) in [6.07, 6.45) is 3.16. The predicted molar refractivity (Wildman–Crippen MR) is 117 cm³/mol. The number of hydrogen-bond donors (Lipinski definition) is 1. The van der Waals surface area contributed by atoms with E-state index in [4.69, 9.17) is 9.15 Å². The van der Waals surface area contributed by atoms with Gasteiger partial charge in [-0.2, -0.15) is 5.10 Å². The Kier molecular flexibility index (Phi) is 4.91. The number of carbonyl (C=O) groups excluding carboxylic acids is 1. The van der Waals surface area contributed by atoms with Crippen molar-refractivity contribution in [3.63, 3.8) is 0 Å². The molecule has 0 aliphatic heterocycles. The number of ether oxygens (including phenoxy) is 1. The van der Waals surface area contributed by atoms with Crippen LogP contribution in [0.2, 0.25) is 0 Å². The Hall–Kier alpha value is -4.40. The molecule has 0 radical (unpaired) electrons. The van der Waals surface area contributed by atoms with E-state index in [1.165, 1.54) is 9.08 Å². The number of pyridine rings is 1. The van der Waals surface area contributed by atoms with Gasteiger partial charge in [-0.15, -0.1) is 0 Å². The number of hydrogen-bond acceptors (Lipinski definition) is 6. The van der Waals surface area contributed by atoms with E-state index in [-0.39, 0.29) is 18.0 Å². The van der Waals surface area contributed by atoms with Gasteiger partial charge in [0.05, 0.1) is 18.9 Å². The fraction of sp³-hybridized carbons (Fsp3) is 0.130. The first kappa shape index (κ1) is 19.6. The minimum absolute atomic E-state index is 0.150. The van der Waals surface area contributed by atoms with Crippen LogP contribution in [0.25, 0.3) is 28.1 Å². The highest BCUT2D eigenvalue weighted by Crippen LogP contribution is 2.21. The van der Waals surface area contributed by atoms with Crippen LogP contribution >= 0.6 is 0 Å². The van der Waals surface area contributed by atoms with Crippen LogP contribution in [-0.4, -0.2) is 32.2 Å². The van der Waals surface area contributed by atoms with Gasteiger partial charge in [0.15, 0.2) is 11.4 Å². The van der Waals surface area contributed by atoms with Crippen molar-refractivity contribution in [3.8, 4) is 17.2 Å². The van der Waals surface area contributed by atoms with Crippen LogP contribution < -0.4 is 15.6 Å². The number of nitrogens with zero attached hydrogens (tertiary/aromatic N) is 4. The topological polar surface area (TPSA) is 104 Å². The quantitative estimate of drug-likeness (QED) is 0.445. The van der Waals surface area contributed by atoms with Gasteiger partial charge in [0, 0.05) is 18.8 Å². The van der Waals surface area contributed by atoms with Gasteiger partial charge in [-0.25, -0.2) is 9.50 Å². The molecule has 5 aromatic rings. The van der Waals surface area contributed by atoms with Crippen molar-refractivity contribution in [2.24, 2.45) is 0 Å². The Bertz CT molecular complexity index is 1480. The Morgan fingerprint density at radius 2 is 2.03 bits per heavy atom. The van der Waals surface area contributed by atoms with Crippen LogP contribution in [-0.2, 0) is 17.9 Å². The second-order valence-corrected chi connectivity index (χ2v) is 7.17. The molecule has 32 heavy (non-hydrogen) atoms. The zero-order valence-corrected chi connectivity index (χ0v) is 17.2. The normalized spacial score (nSPS) is 11.2. The van der Waals surface area contributed by atoms with Crippen LogP contribution in [0.3, 0.4) is 0 Å². The number of furan rings is 1. The maximum absolute atomic E-state index is 13.3. The van der Waals surface area contributed by atoms with E-state index >= 15 is 0 Å². The summed E-state index contributed by atoms with van der Waals surface area (Å²) in [5.41, 5.74) is 2.36. The molecule has 9 nitrogen and oxygen atoms in total. The molecule has 0 unspecified atom stereocenters. The molecule has 0 spiro atoms. The van der Waals surface area contributed by atoms with E-state index in [0.717, 1.165) is 5.56 Å². The summed E-state index contributed by atoms with van der Waals surface area (Å²) >= 11 is 0. The number of aromatic nitrogens is 4. The molecule has 5 rings (SSSR count). The zero-order valence-electron chi connectivity index (χ0n) is 17.2. The summed E-state index contributed by atoms with van der Waals surface area (Å²) in [5.74, 6) is 0.957. The third kappa shape index (κ3) is 3.49. The van der Waals surface area contributed by atoms with Gasteiger partial charge in [0.2, 0.25) is 5.91 Å². The highest BCUT2D eigenvalue weighted by molar-refractivity contribution is 5.81. The standard InChI is InChI=1S/C23H19N5O4/c1-31-16-6-2-5-15(11-16)13-25-21(29)14-27-18-7-3-9-24-22(18)28-19(23(27)30)12-17(26-28)20-8-4-10-32-20/h2-12H,13-14H2,1H3,(H,25,29). The van der Waals surface area contributed by atoms with Crippen molar-refractivity contribution < 1.29 is 13.9 Å². The molecule has 0 aliphatic rings. The SMILES string of the molecule is COc1cccc(CNC(=O)Cn2c(=O)c3cc(-c4ccco4)nn3c3ncccc32)c1. The number of amides is 1. The van der Waals surface area contributed by atoms with Crippen LogP contribution in [0.1, 0.15) is 5.56 Å². The number of rotatable bonds is 6. The van der Waals surface area contributed by atoms with Crippen molar-refractivity contribution in [1.29, 1.82) is 0 Å². The lowest BCUT2D eigenvalue weighted by atomic mass is 10.2. The minimum Gasteiger partial charge on any atom is -0.497 e. The van der Waals surface area contributed by atoms with Crippen molar-refractivity contribution in [2.45, 2.75) is 13.1 Å². The van der Waals surface area contributed by atoms with E-state index in [1.807, 2.05) is 24.3 Å². The monoisotopic (exact) mass is 429 g/mol. The molecule has 1 amide bonds. The largest absolute Gasteiger partial charge is 0.497 e. The molecule has 0 aliphatic carbocycles. The van der Waals surface area contributed by atoms with Gasteiger partial charge >= 0.3 is 0 Å². The molecule has 9 heteroatoms. The minimum atomic E-state index is -0.340. The predicted octanol–water partition coefficient (Wildman–Crippen LogP) is 2.63. The van der Waals surface area contributed by atoms with E-state index in [0.29, 0.717) is 40.4 Å². The fourth-order valence-electron chi connectivity index (χ4n) is 3.59. The molecule has 0 fully saturated rings. The molecule has 1 N–H and O–H groups in total. The van der Waals surface area contributed by atoms with Crippen molar-refractivity contribution in [1.82, 2.24) is 24.5 Å². The van der Waals surface area contributed by atoms with Crippen LogP contribution in [0.5, 0.6) is 5.75 Å². The second kappa shape index (κ2) is 8.03. The lowest BCUT2D eigenvalue weighted by molar-refractivity contribution is -0.121. The number of methoxy groups -OCH3 is 1. The summed E-state index contributed by atoms with van der Waals surface area (Å²) in [4.78, 5) is 30.4. The highest BCUT2D eigenvalue weighted by Gasteiger charge is 2.18. The molecule has 4 heterocycles. The summed E-state index contributed by atoms with van der Waals surface area (Å²) in [6.45, 7) is 0.168. The van der Waals surface area contributed by atoms with Gasteiger partial charge in [-0.3, -0.25) is 14.2 Å². The Labute approximate surface area is 181 Å². The lowest BCUT2D eigenvalue weighted by Crippen LogP contribution is -2.33. The number of nitrogens with one attached hydrogen (secondary N) is 1. The van der Waals surface area contributed by atoms with Gasteiger partial charge < -0.3 is 14.5 Å². The van der Waals surface area contributed by atoms with E-state index < -0.39 is 0 Å². The number of fused-ring (bicyclic) bond motifs is 3. The molecule has 4 aromatic heterocycles. The first-order valence-electron chi connectivity index (χ1n) is 9.95. The Morgan fingerprint density at radius 3 is 2.84 bits per heavy atom. The van der Waals surface area contributed by atoms with Crippen molar-refractivity contribution in [3.05, 3.63) is 83.0 Å². The molecular formula is C23H19N5O4. The van der Waals surface area contributed by atoms with Crippen LogP contribution in [0, 0.1) is 0 Å². The molecule has 0 bridgehead atoms. The van der Waals surface area contributed by atoms with Gasteiger partial charge in [-0.1, -0.05) is 12.1 Å². The third-order valence-corrected chi connectivity index (χ3v) is 5.13. The Balaban J connectivity index is 1.49. The summed E-state index contributed by atoms with van der Waals surface area (Å²) in [6, 6.07) is 16.0. The van der Waals surface area contributed by atoms with Crippen molar-refractivity contribution >= 4 is 22.6 Å². The average molecular weight is 429 g/mol. The van der Waals surface area contributed by atoms with Gasteiger partial charge in [0.25, 0.3) is 5.56 Å². The Morgan fingerprint density at radius 1 is 1.12 bits per heavy atom. The maximum atomic E-state index is 13.3. The number of benzene rings is 1. The molecular weight excluding hydrogens is 410 g/mol. The van der Waals surface area contributed by atoms with E-state index in [2.05, 4.69) is 15.4 Å². The first-order valence-corrected chi connectivity index (χ1v) is 9.95. The smallest absolute Gasteiger partial charge is 0.277 e. The van der Waals surface area contributed by atoms with E-state index in [9.17, 15) is 9.59 Å². The van der Waals surface area contributed by atoms with Gasteiger partial charge in [0.1, 0.15) is 23.5 Å². The van der Waals surface area contributed by atoms with Gasteiger partial charge in [-0.05, 0) is 42.0 Å². The van der Waals surface area contributed by atoms with Crippen molar-refractivity contribution in [2.75, 3.05) is 7.11 Å². The maximum Gasteiger partial charge on any atom is 0.277 e. The second-order valence-electron chi connectivity index (χ2n) is 7.17. The summed E-state index contributed by atoms with van der Waals surface area (Å²) in [5, 5.41) is 7.35. The van der Waals surface area contributed by atoms with Crippen LogP contribution in [0.15, 0.2) is 76.3 Å². The molecule has 160 valence electrons. The van der Waals surface area contributed by atoms with E-state index in [1.54, 1.807) is 49.9 Å². The average Bonchev–Trinajstić information content (AvgIpc) is 3.51. The molecule has 0 saturated heterocycles. The zero-order chi connectivity index (χ0) is 22.1.